The zero-order valence-electron chi connectivity index (χ0n) is 11.7. The SMILES string of the molecule is Cc1cccc(NC2(CO)CCN3CCCC3C2)c1. The molecule has 0 spiro atoms. The molecule has 0 amide bonds. The van der Waals surface area contributed by atoms with E-state index in [1.165, 1.54) is 24.9 Å². The summed E-state index contributed by atoms with van der Waals surface area (Å²) in [6.07, 6.45) is 4.71. The Kier molecular flexibility index (Phi) is 3.50. The van der Waals surface area contributed by atoms with Crippen LogP contribution in [0, 0.1) is 6.92 Å². The molecule has 2 atom stereocenters. The van der Waals surface area contributed by atoms with Crippen LogP contribution in [0.4, 0.5) is 5.69 Å². The smallest absolute Gasteiger partial charge is 0.0662 e. The quantitative estimate of drug-likeness (QED) is 0.876. The summed E-state index contributed by atoms with van der Waals surface area (Å²) in [5.41, 5.74) is 2.27. The van der Waals surface area contributed by atoms with Crippen molar-refractivity contribution in [3.05, 3.63) is 29.8 Å². The lowest BCUT2D eigenvalue weighted by Gasteiger charge is -2.44. The van der Waals surface area contributed by atoms with Gasteiger partial charge >= 0.3 is 0 Å². The van der Waals surface area contributed by atoms with Crippen LogP contribution < -0.4 is 5.32 Å². The molecule has 104 valence electrons. The number of aliphatic hydroxyl groups excluding tert-OH is 1. The zero-order valence-corrected chi connectivity index (χ0v) is 11.7. The number of hydrogen-bond donors (Lipinski definition) is 2. The Hall–Kier alpha value is -1.06. The van der Waals surface area contributed by atoms with Gasteiger partial charge in [0.25, 0.3) is 0 Å². The second kappa shape index (κ2) is 5.14. The molecule has 3 heteroatoms. The first kappa shape index (κ1) is 12.9. The maximum absolute atomic E-state index is 9.91. The average Bonchev–Trinajstić information content (AvgIpc) is 2.86. The van der Waals surface area contributed by atoms with Crippen LogP contribution in [0.3, 0.4) is 0 Å². The Balaban J connectivity index is 1.76. The molecule has 0 radical (unpaired) electrons. The first-order valence-electron chi connectivity index (χ1n) is 7.41. The second-order valence-corrected chi connectivity index (χ2v) is 6.22. The van der Waals surface area contributed by atoms with Crippen molar-refractivity contribution in [2.45, 2.75) is 44.2 Å². The van der Waals surface area contributed by atoms with Gasteiger partial charge in [-0.05, 0) is 56.8 Å². The molecule has 2 heterocycles. The Morgan fingerprint density at radius 2 is 2.32 bits per heavy atom. The number of aryl methyl sites for hydroxylation is 1. The van der Waals surface area contributed by atoms with E-state index in [1.807, 2.05) is 0 Å². The van der Waals surface area contributed by atoms with Crippen LogP contribution >= 0.6 is 0 Å². The van der Waals surface area contributed by atoms with Crippen LogP contribution in [0.25, 0.3) is 0 Å². The van der Waals surface area contributed by atoms with Gasteiger partial charge in [-0.1, -0.05) is 12.1 Å². The Bertz CT molecular complexity index is 448. The third kappa shape index (κ3) is 2.63. The Morgan fingerprint density at radius 1 is 1.42 bits per heavy atom. The maximum atomic E-state index is 9.91. The number of anilines is 1. The number of hydrogen-bond acceptors (Lipinski definition) is 3. The molecule has 2 unspecified atom stereocenters. The minimum atomic E-state index is -0.126. The van der Waals surface area contributed by atoms with Crippen molar-refractivity contribution in [3.63, 3.8) is 0 Å². The summed E-state index contributed by atoms with van der Waals surface area (Å²) >= 11 is 0. The highest BCUT2D eigenvalue weighted by Gasteiger charge is 2.41. The molecule has 19 heavy (non-hydrogen) atoms. The first-order chi connectivity index (χ1) is 9.21. The normalized spacial score (nSPS) is 31.2. The molecule has 0 bridgehead atoms. The lowest BCUT2D eigenvalue weighted by Crippen LogP contribution is -2.54. The van der Waals surface area contributed by atoms with E-state index in [0.29, 0.717) is 6.04 Å². The predicted octanol–water partition coefficient (Wildman–Crippen LogP) is 2.40. The van der Waals surface area contributed by atoms with Gasteiger partial charge in [0.15, 0.2) is 0 Å². The van der Waals surface area contributed by atoms with E-state index in [9.17, 15) is 5.11 Å². The van der Waals surface area contributed by atoms with Crippen molar-refractivity contribution < 1.29 is 5.11 Å². The lowest BCUT2D eigenvalue weighted by molar-refractivity contribution is 0.0964. The fourth-order valence-corrected chi connectivity index (χ4v) is 3.66. The van der Waals surface area contributed by atoms with Gasteiger partial charge in [0, 0.05) is 18.3 Å². The minimum Gasteiger partial charge on any atom is -0.394 e. The van der Waals surface area contributed by atoms with Crippen molar-refractivity contribution in [1.82, 2.24) is 4.90 Å². The van der Waals surface area contributed by atoms with Crippen LogP contribution in [0.2, 0.25) is 0 Å². The van der Waals surface area contributed by atoms with Crippen LogP contribution in [0.1, 0.15) is 31.2 Å². The Morgan fingerprint density at radius 3 is 3.11 bits per heavy atom. The van der Waals surface area contributed by atoms with Crippen molar-refractivity contribution in [3.8, 4) is 0 Å². The molecular weight excluding hydrogens is 236 g/mol. The second-order valence-electron chi connectivity index (χ2n) is 6.22. The minimum absolute atomic E-state index is 0.126. The number of nitrogens with zero attached hydrogens (tertiary/aromatic N) is 1. The highest BCUT2D eigenvalue weighted by atomic mass is 16.3. The Labute approximate surface area is 115 Å². The van der Waals surface area contributed by atoms with E-state index in [2.05, 4.69) is 41.4 Å². The molecule has 3 rings (SSSR count). The summed E-state index contributed by atoms with van der Waals surface area (Å²) in [7, 11) is 0. The molecule has 3 nitrogen and oxygen atoms in total. The van der Waals surface area contributed by atoms with Crippen molar-refractivity contribution >= 4 is 5.69 Å². The van der Waals surface area contributed by atoms with Gasteiger partial charge in [-0.25, -0.2) is 0 Å². The summed E-state index contributed by atoms with van der Waals surface area (Å²) in [6.45, 7) is 4.70. The number of rotatable bonds is 3. The van der Waals surface area contributed by atoms with E-state index in [4.69, 9.17) is 0 Å². The summed E-state index contributed by atoms with van der Waals surface area (Å²) < 4.78 is 0. The summed E-state index contributed by atoms with van der Waals surface area (Å²) in [5, 5.41) is 13.5. The van der Waals surface area contributed by atoms with Gasteiger partial charge in [0.2, 0.25) is 0 Å². The molecule has 2 saturated heterocycles. The summed E-state index contributed by atoms with van der Waals surface area (Å²) in [5.74, 6) is 0. The van der Waals surface area contributed by atoms with Crippen LogP contribution in [0.5, 0.6) is 0 Å². The number of fused-ring (bicyclic) bond motifs is 1. The highest BCUT2D eigenvalue weighted by Crippen LogP contribution is 2.35. The third-order valence-electron chi connectivity index (χ3n) is 4.73. The molecule has 2 fully saturated rings. The monoisotopic (exact) mass is 260 g/mol. The maximum Gasteiger partial charge on any atom is 0.0662 e. The first-order valence-corrected chi connectivity index (χ1v) is 7.41. The van der Waals surface area contributed by atoms with Crippen LogP contribution in [0.15, 0.2) is 24.3 Å². The zero-order chi connectivity index (χ0) is 13.3. The molecule has 1 aromatic carbocycles. The van der Waals surface area contributed by atoms with E-state index < -0.39 is 0 Å². The van der Waals surface area contributed by atoms with Gasteiger partial charge in [-0.15, -0.1) is 0 Å². The third-order valence-corrected chi connectivity index (χ3v) is 4.73. The van der Waals surface area contributed by atoms with Crippen LogP contribution in [-0.4, -0.2) is 41.3 Å². The molecule has 2 aliphatic heterocycles. The van der Waals surface area contributed by atoms with Gasteiger partial charge in [0.1, 0.15) is 0 Å². The number of nitrogens with one attached hydrogen (secondary N) is 1. The average molecular weight is 260 g/mol. The fourth-order valence-electron chi connectivity index (χ4n) is 3.66. The summed E-state index contributed by atoms with van der Waals surface area (Å²) in [6, 6.07) is 9.12. The van der Waals surface area contributed by atoms with Crippen LogP contribution in [-0.2, 0) is 0 Å². The standard InChI is InChI=1S/C16H24N2O/c1-13-4-2-5-14(10-13)17-16(12-19)7-9-18-8-3-6-15(18)11-16/h2,4-5,10,15,17,19H,3,6-9,11-12H2,1H3. The van der Waals surface area contributed by atoms with E-state index in [1.54, 1.807) is 0 Å². The van der Waals surface area contributed by atoms with Gasteiger partial charge in [-0.2, -0.15) is 0 Å². The number of aliphatic hydroxyl groups is 1. The predicted molar refractivity (Wildman–Crippen MR) is 78.4 cm³/mol. The van der Waals surface area contributed by atoms with E-state index in [0.717, 1.165) is 25.1 Å². The van der Waals surface area contributed by atoms with Gasteiger partial charge in [-0.3, -0.25) is 0 Å². The molecule has 2 aliphatic rings. The lowest BCUT2D eigenvalue weighted by atomic mass is 9.83. The molecule has 0 saturated carbocycles. The van der Waals surface area contributed by atoms with Crippen molar-refractivity contribution in [2.75, 3.05) is 25.0 Å². The van der Waals surface area contributed by atoms with Gasteiger partial charge in [0.05, 0.1) is 12.1 Å². The number of piperidine rings is 1. The topological polar surface area (TPSA) is 35.5 Å². The molecular formula is C16H24N2O. The van der Waals surface area contributed by atoms with Gasteiger partial charge < -0.3 is 15.3 Å². The molecule has 2 N–H and O–H groups in total. The fraction of sp³-hybridized carbons (Fsp3) is 0.625. The highest BCUT2D eigenvalue weighted by molar-refractivity contribution is 5.48. The number of benzene rings is 1. The van der Waals surface area contributed by atoms with Crippen molar-refractivity contribution in [1.29, 1.82) is 0 Å². The van der Waals surface area contributed by atoms with E-state index in [-0.39, 0.29) is 12.1 Å². The largest absolute Gasteiger partial charge is 0.394 e. The summed E-state index contributed by atoms with van der Waals surface area (Å²) in [4.78, 5) is 2.59. The van der Waals surface area contributed by atoms with Crippen molar-refractivity contribution in [2.24, 2.45) is 0 Å². The molecule has 0 aromatic heterocycles. The molecule has 1 aromatic rings. The molecule has 0 aliphatic carbocycles. The van der Waals surface area contributed by atoms with E-state index >= 15 is 0 Å².